The van der Waals surface area contributed by atoms with Crippen LogP contribution in [0.1, 0.15) is 16.7 Å². The lowest BCUT2D eigenvalue weighted by Crippen LogP contribution is -2.46. The number of hydrogen-bond acceptors (Lipinski definition) is 3. The third-order valence-corrected chi connectivity index (χ3v) is 4.08. The first-order valence-corrected chi connectivity index (χ1v) is 7.99. The fourth-order valence-electron chi connectivity index (χ4n) is 2.85. The molecule has 0 saturated carbocycles. The number of nitrogens with two attached hydrogens (primary N) is 1. The lowest BCUT2D eigenvalue weighted by Gasteiger charge is -2.16. The van der Waals surface area contributed by atoms with E-state index in [0.717, 1.165) is 28.9 Å². The number of rotatable bonds is 6. The van der Waals surface area contributed by atoms with Crippen LogP contribution in [0.2, 0.25) is 0 Å². The smallest absolute Gasteiger partial charge is 0.240 e. The molecule has 0 fully saturated rings. The molecular formula is C19H20N2O3. The Hall–Kier alpha value is -2.82. The summed E-state index contributed by atoms with van der Waals surface area (Å²) < 4.78 is 5.46. The van der Waals surface area contributed by atoms with Crippen LogP contribution in [0.5, 0.6) is 5.75 Å². The second-order valence-corrected chi connectivity index (χ2v) is 5.93. The standard InChI is InChI=1S/C19H20N2O3/c20-19(23)16(11-13-4-2-1-3-5-13)21-18(22)12-14-6-7-17-15(10-14)8-9-24-17/h1-7,10,16H,8-9,11-12H2,(H2,20,23)(H,21,22). The van der Waals surface area contributed by atoms with Gasteiger partial charge in [0.15, 0.2) is 0 Å². The van der Waals surface area contributed by atoms with Crippen molar-refractivity contribution in [3.8, 4) is 5.75 Å². The molecule has 0 spiro atoms. The molecule has 2 aromatic carbocycles. The van der Waals surface area contributed by atoms with Crippen molar-refractivity contribution in [3.05, 3.63) is 65.2 Å². The van der Waals surface area contributed by atoms with Gasteiger partial charge in [-0.05, 0) is 22.8 Å². The molecule has 0 aliphatic carbocycles. The Kier molecular flexibility index (Phi) is 4.79. The molecule has 0 radical (unpaired) electrons. The van der Waals surface area contributed by atoms with E-state index in [-0.39, 0.29) is 12.3 Å². The van der Waals surface area contributed by atoms with E-state index < -0.39 is 11.9 Å². The third kappa shape index (κ3) is 3.93. The lowest BCUT2D eigenvalue weighted by molar-refractivity contribution is -0.127. The van der Waals surface area contributed by atoms with Crippen LogP contribution in [-0.2, 0) is 28.9 Å². The van der Waals surface area contributed by atoms with E-state index >= 15 is 0 Å². The van der Waals surface area contributed by atoms with Gasteiger partial charge in [0, 0.05) is 12.8 Å². The molecule has 1 heterocycles. The monoisotopic (exact) mass is 324 g/mol. The first kappa shape index (κ1) is 16.1. The highest BCUT2D eigenvalue weighted by Crippen LogP contribution is 2.25. The van der Waals surface area contributed by atoms with Gasteiger partial charge in [-0.1, -0.05) is 42.5 Å². The highest BCUT2D eigenvalue weighted by Gasteiger charge is 2.19. The van der Waals surface area contributed by atoms with Gasteiger partial charge in [-0.15, -0.1) is 0 Å². The number of nitrogens with one attached hydrogen (secondary N) is 1. The highest BCUT2D eigenvalue weighted by atomic mass is 16.5. The molecule has 1 unspecified atom stereocenters. The molecule has 0 saturated heterocycles. The number of primary amides is 1. The minimum absolute atomic E-state index is 0.214. The zero-order valence-electron chi connectivity index (χ0n) is 13.3. The third-order valence-electron chi connectivity index (χ3n) is 4.08. The molecule has 124 valence electrons. The summed E-state index contributed by atoms with van der Waals surface area (Å²) in [6.45, 7) is 0.686. The Morgan fingerprint density at radius 3 is 2.67 bits per heavy atom. The van der Waals surface area contributed by atoms with Crippen molar-refractivity contribution in [2.24, 2.45) is 5.73 Å². The summed E-state index contributed by atoms with van der Waals surface area (Å²) in [4.78, 5) is 23.9. The summed E-state index contributed by atoms with van der Waals surface area (Å²) >= 11 is 0. The number of amides is 2. The van der Waals surface area contributed by atoms with Crippen molar-refractivity contribution < 1.29 is 14.3 Å². The molecule has 5 heteroatoms. The number of ether oxygens (including phenoxy) is 1. The number of fused-ring (bicyclic) bond motifs is 1. The van der Waals surface area contributed by atoms with E-state index in [1.165, 1.54) is 0 Å². The van der Waals surface area contributed by atoms with Crippen molar-refractivity contribution in [3.63, 3.8) is 0 Å². The molecule has 0 bridgehead atoms. The summed E-state index contributed by atoms with van der Waals surface area (Å²) in [5.41, 5.74) is 8.41. The quantitative estimate of drug-likeness (QED) is 0.842. The predicted molar refractivity (Wildman–Crippen MR) is 90.6 cm³/mol. The summed E-state index contributed by atoms with van der Waals surface area (Å²) in [6, 6.07) is 14.5. The van der Waals surface area contributed by atoms with Gasteiger partial charge in [-0.2, -0.15) is 0 Å². The van der Waals surface area contributed by atoms with Crippen LogP contribution in [0.25, 0.3) is 0 Å². The second kappa shape index (κ2) is 7.17. The Morgan fingerprint density at radius 2 is 1.92 bits per heavy atom. The molecule has 1 aliphatic rings. The van der Waals surface area contributed by atoms with Gasteiger partial charge < -0.3 is 15.8 Å². The van der Waals surface area contributed by atoms with Crippen molar-refractivity contribution >= 4 is 11.8 Å². The fraction of sp³-hybridized carbons (Fsp3) is 0.263. The van der Waals surface area contributed by atoms with Crippen LogP contribution < -0.4 is 15.8 Å². The van der Waals surface area contributed by atoms with E-state index in [0.29, 0.717) is 13.0 Å². The lowest BCUT2D eigenvalue weighted by atomic mass is 10.0. The number of carbonyl (C=O) groups is 2. The van der Waals surface area contributed by atoms with E-state index in [9.17, 15) is 9.59 Å². The maximum Gasteiger partial charge on any atom is 0.240 e. The second-order valence-electron chi connectivity index (χ2n) is 5.93. The molecule has 1 aliphatic heterocycles. The van der Waals surface area contributed by atoms with Crippen molar-refractivity contribution in [2.75, 3.05) is 6.61 Å². The molecule has 3 rings (SSSR count). The van der Waals surface area contributed by atoms with Crippen LogP contribution in [-0.4, -0.2) is 24.5 Å². The first-order valence-electron chi connectivity index (χ1n) is 7.99. The van der Waals surface area contributed by atoms with Crippen LogP contribution in [0.15, 0.2) is 48.5 Å². The summed E-state index contributed by atoms with van der Waals surface area (Å²) in [6.07, 6.45) is 1.47. The maximum absolute atomic E-state index is 12.3. The Balaban J connectivity index is 1.62. The largest absolute Gasteiger partial charge is 0.493 e. The van der Waals surface area contributed by atoms with Gasteiger partial charge in [0.2, 0.25) is 11.8 Å². The molecule has 3 N–H and O–H groups in total. The Bertz CT molecular complexity index is 744. The zero-order chi connectivity index (χ0) is 16.9. The van der Waals surface area contributed by atoms with Crippen molar-refractivity contribution in [1.82, 2.24) is 5.32 Å². The molecule has 1 atom stereocenters. The average molecular weight is 324 g/mol. The van der Waals surface area contributed by atoms with E-state index in [4.69, 9.17) is 10.5 Å². The van der Waals surface area contributed by atoms with Crippen LogP contribution in [0.3, 0.4) is 0 Å². The number of benzene rings is 2. The molecule has 2 amide bonds. The van der Waals surface area contributed by atoms with E-state index in [1.54, 1.807) is 0 Å². The van der Waals surface area contributed by atoms with Gasteiger partial charge in [0.1, 0.15) is 11.8 Å². The van der Waals surface area contributed by atoms with Crippen LogP contribution in [0, 0.1) is 0 Å². The summed E-state index contributed by atoms with van der Waals surface area (Å²) in [5.74, 6) is 0.140. The van der Waals surface area contributed by atoms with E-state index in [1.807, 2.05) is 48.5 Å². The van der Waals surface area contributed by atoms with Gasteiger partial charge in [0.25, 0.3) is 0 Å². The van der Waals surface area contributed by atoms with Gasteiger partial charge in [0.05, 0.1) is 13.0 Å². The Labute approximate surface area is 140 Å². The first-order chi connectivity index (χ1) is 11.6. The minimum Gasteiger partial charge on any atom is -0.493 e. The SMILES string of the molecule is NC(=O)C(Cc1ccccc1)NC(=O)Cc1ccc2c(c1)CCO2. The van der Waals surface area contributed by atoms with Crippen LogP contribution >= 0.6 is 0 Å². The predicted octanol–water partition coefficient (Wildman–Crippen LogP) is 1.38. The van der Waals surface area contributed by atoms with Gasteiger partial charge >= 0.3 is 0 Å². The number of hydrogen-bond donors (Lipinski definition) is 2. The molecule has 24 heavy (non-hydrogen) atoms. The molecule has 2 aromatic rings. The van der Waals surface area contributed by atoms with Gasteiger partial charge in [-0.3, -0.25) is 9.59 Å². The Morgan fingerprint density at radius 1 is 1.12 bits per heavy atom. The van der Waals surface area contributed by atoms with Crippen molar-refractivity contribution in [1.29, 1.82) is 0 Å². The fourth-order valence-corrected chi connectivity index (χ4v) is 2.85. The van der Waals surface area contributed by atoms with E-state index in [2.05, 4.69) is 5.32 Å². The van der Waals surface area contributed by atoms with Gasteiger partial charge in [-0.25, -0.2) is 0 Å². The summed E-state index contributed by atoms with van der Waals surface area (Å²) in [5, 5.41) is 2.74. The van der Waals surface area contributed by atoms with Crippen LogP contribution in [0.4, 0.5) is 0 Å². The molecular weight excluding hydrogens is 304 g/mol. The summed E-state index contributed by atoms with van der Waals surface area (Å²) in [7, 11) is 0. The topological polar surface area (TPSA) is 81.4 Å². The zero-order valence-corrected chi connectivity index (χ0v) is 13.3. The normalized spacial score (nSPS) is 13.7. The average Bonchev–Trinajstić information content (AvgIpc) is 3.02. The molecule has 0 aromatic heterocycles. The highest BCUT2D eigenvalue weighted by molar-refractivity contribution is 5.87. The minimum atomic E-state index is -0.710. The maximum atomic E-state index is 12.3. The van der Waals surface area contributed by atoms with Crippen molar-refractivity contribution in [2.45, 2.75) is 25.3 Å². The number of carbonyl (C=O) groups excluding carboxylic acids is 2. The molecule has 5 nitrogen and oxygen atoms in total.